The second kappa shape index (κ2) is 6.89. The average molecular weight is 322 g/mol. The molecule has 0 saturated heterocycles. The number of rotatable bonds is 6. The second-order valence-electron chi connectivity index (χ2n) is 6.87. The molecule has 122 valence electrons. The van der Waals surface area contributed by atoms with Crippen LogP contribution in [0.2, 0.25) is 0 Å². The maximum absolute atomic E-state index is 5.40. The van der Waals surface area contributed by atoms with E-state index in [0.29, 0.717) is 11.9 Å². The first-order chi connectivity index (χ1) is 10.3. The fraction of sp³-hybridized carbons (Fsp3) is 0.625. The van der Waals surface area contributed by atoms with E-state index in [1.165, 1.54) is 5.56 Å². The van der Waals surface area contributed by atoms with E-state index in [9.17, 15) is 0 Å². The predicted molar refractivity (Wildman–Crippen MR) is 90.2 cm³/mol. The van der Waals surface area contributed by atoms with Crippen LogP contribution in [0.4, 0.5) is 0 Å². The van der Waals surface area contributed by atoms with E-state index >= 15 is 0 Å². The minimum atomic E-state index is -0.0929. The van der Waals surface area contributed by atoms with Gasteiger partial charge >= 0.3 is 0 Å². The fourth-order valence-electron chi connectivity index (χ4n) is 2.15. The first-order valence-corrected chi connectivity index (χ1v) is 8.49. The van der Waals surface area contributed by atoms with Crippen molar-refractivity contribution in [1.29, 1.82) is 0 Å². The van der Waals surface area contributed by atoms with Crippen molar-refractivity contribution in [2.24, 2.45) is 0 Å². The summed E-state index contributed by atoms with van der Waals surface area (Å²) in [6.45, 7) is 9.13. The monoisotopic (exact) mass is 322 g/mol. The normalized spacial score (nSPS) is 15.2. The molecule has 5 nitrogen and oxygen atoms in total. The molecule has 2 rings (SSSR count). The van der Waals surface area contributed by atoms with Gasteiger partial charge in [0.1, 0.15) is 0 Å². The van der Waals surface area contributed by atoms with Crippen molar-refractivity contribution in [3.05, 3.63) is 34.1 Å². The molecule has 0 aliphatic heterocycles. The number of aromatic nitrogens is 2. The van der Waals surface area contributed by atoms with Crippen LogP contribution in [-0.4, -0.2) is 35.7 Å². The predicted octanol–water partition coefficient (Wildman–Crippen LogP) is 3.38. The molecule has 6 heteroatoms. The molecule has 0 unspecified atom stereocenters. The molecule has 0 aliphatic carbocycles. The smallest absolute Gasteiger partial charge is 0.243 e. The lowest BCUT2D eigenvalue weighted by atomic mass is 9.96. The molecule has 2 aromatic heterocycles. The highest BCUT2D eigenvalue weighted by atomic mass is 32.1. The number of nitrogens with zero attached hydrogens (tertiary/aromatic N) is 3. The lowest BCUT2D eigenvalue weighted by Gasteiger charge is -2.25. The molecule has 0 saturated carbocycles. The molecule has 2 atom stereocenters. The van der Waals surface area contributed by atoms with Crippen LogP contribution in [0.3, 0.4) is 0 Å². The Hall–Kier alpha value is -1.24. The zero-order chi connectivity index (χ0) is 16.3. The van der Waals surface area contributed by atoms with Gasteiger partial charge < -0.3 is 14.7 Å². The van der Waals surface area contributed by atoms with E-state index in [4.69, 9.17) is 4.52 Å². The Labute approximate surface area is 136 Å². The summed E-state index contributed by atoms with van der Waals surface area (Å²) in [7, 11) is 4.19. The van der Waals surface area contributed by atoms with Gasteiger partial charge in [-0.1, -0.05) is 25.9 Å². The van der Waals surface area contributed by atoms with Crippen molar-refractivity contribution < 1.29 is 4.52 Å². The zero-order valence-electron chi connectivity index (χ0n) is 14.3. The van der Waals surface area contributed by atoms with Gasteiger partial charge in [-0.3, -0.25) is 0 Å². The largest absolute Gasteiger partial charge is 0.338 e. The molecule has 0 aromatic carbocycles. The molecule has 2 aromatic rings. The summed E-state index contributed by atoms with van der Waals surface area (Å²) in [6, 6.07) is 2.54. The molecule has 1 N–H and O–H groups in total. The summed E-state index contributed by atoms with van der Waals surface area (Å²) in [5.41, 5.74) is 1.24. The van der Waals surface area contributed by atoms with Gasteiger partial charge in [0.15, 0.2) is 5.82 Å². The number of hydrogen-bond acceptors (Lipinski definition) is 6. The van der Waals surface area contributed by atoms with Crippen LogP contribution in [0.15, 0.2) is 21.3 Å². The van der Waals surface area contributed by atoms with Crippen molar-refractivity contribution in [2.75, 3.05) is 20.6 Å². The van der Waals surface area contributed by atoms with Gasteiger partial charge in [0.05, 0.1) is 6.04 Å². The van der Waals surface area contributed by atoms with E-state index in [-0.39, 0.29) is 11.5 Å². The fourth-order valence-corrected chi connectivity index (χ4v) is 2.86. The molecule has 0 bridgehead atoms. The summed E-state index contributed by atoms with van der Waals surface area (Å²) in [4.78, 5) is 6.73. The van der Waals surface area contributed by atoms with Gasteiger partial charge in [0.25, 0.3) is 0 Å². The van der Waals surface area contributed by atoms with Crippen LogP contribution in [0.5, 0.6) is 0 Å². The Bertz CT molecular complexity index is 571. The molecule has 2 heterocycles. The first-order valence-electron chi connectivity index (χ1n) is 7.55. The van der Waals surface area contributed by atoms with Gasteiger partial charge in [-0.15, -0.1) is 0 Å². The highest BCUT2D eigenvalue weighted by molar-refractivity contribution is 7.07. The number of thiophene rings is 1. The lowest BCUT2D eigenvalue weighted by molar-refractivity contribution is 0.268. The average Bonchev–Trinajstić information content (AvgIpc) is 3.09. The number of hydrogen-bond donors (Lipinski definition) is 1. The highest BCUT2D eigenvalue weighted by Gasteiger charge is 2.24. The highest BCUT2D eigenvalue weighted by Crippen LogP contribution is 2.23. The Kier molecular flexibility index (Phi) is 5.36. The van der Waals surface area contributed by atoms with Crippen LogP contribution in [0.1, 0.15) is 57.1 Å². The van der Waals surface area contributed by atoms with Crippen LogP contribution >= 0.6 is 11.3 Å². The number of nitrogens with one attached hydrogen (secondary N) is 1. The van der Waals surface area contributed by atoms with E-state index in [1.807, 2.05) is 0 Å². The van der Waals surface area contributed by atoms with Gasteiger partial charge in [-0.2, -0.15) is 16.3 Å². The maximum Gasteiger partial charge on any atom is 0.243 e. The Morgan fingerprint density at radius 2 is 2.09 bits per heavy atom. The molecule has 0 amide bonds. The minimum Gasteiger partial charge on any atom is -0.338 e. The van der Waals surface area contributed by atoms with E-state index < -0.39 is 0 Å². The summed E-state index contributed by atoms with van der Waals surface area (Å²) < 4.78 is 5.40. The maximum atomic E-state index is 5.40. The summed E-state index contributed by atoms with van der Waals surface area (Å²) in [5.74, 6) is 1.39. The topological polar surface area (TPSA) is 54.2 Å². The summed E-state index contributed by atoms with van der Waals surface area (Å²) in [6.07, 6.45) is 0. The van der Waals surface area contributed by atoms with Crippen LogP contribution in [-0.2, 0) is 5.41 Å². The Morgan fingerprint density at radius 1 is 1.36 bits per heavy atom. The SMILES string of the molecule is C[C@@H](NC[C@@H](c1ccsc1)N(C)C)c1nc(C(C)(C)C)no1. The van der Waals surface area contributed by atoms with Crippen molar-refractivity contribution in [3.63, 3.8) is 0 Å². The standard InChI is InChI=1S/C16H26N4OS/c1-11(14-18-15(19-21-14)16(2,3)4)17-9-13(20(5)6)12-7-8-22-10-12/h7-8,10-11,13,17H,9H2,1-6H3/t11-,13+/m1/s1. The van der Waals surface area contributed by atoms with Crippen LogP contribution in [0.25, 0.3) is 0 Å². The minimum absolute atomic E-state index is 0.0321. The zero-order valence-corrected chi connectivity index (χ0v) is 15.1. The molecule has 0 aliphatic rings. The molecule has 0 radical (unpaired) electrons. The van der Waals surface area contributed by atoms with E-state index in [1.54, 1.807) is 11.3 Å². The molecule has 0 fully saturated rings. The lowest BCUT2D eigenvalue weighted by Crippen LogP contribution is -2.32. The van der Waals surface area contributed by atoms with Crippen LogP contribution in [0, 0.1) is 0 Å². The third kappa shape index (κ3) is 4.15. The molecule has 22 heavy (non-hydrogen) atoms. The second-order valence-corrected chi connectivity index (χ2v) is 7.65. The van der Waals surface area contributed by atoms with E-state index in [0.717, 1.165) is 12.4 Å². The van der Waals surface area contributed by atoms with Crippen molar-refractivity contribution >= 4 is 11.3 Å². The Balaban J connectivity index is 1.99. The van der Waals surface area contributed by atoms with E-state index in [2.05, 4.69) is 79.0 Å². The summed E-state index contributed by atoms with van der Waals surface area (Å²) in [5, 5.41) is 11.9. The van der Waals surface area contributed by atoms with Crippen molar-refractivity contribution in [1.82, 2.24) is 20.4 Å². The van der Waals surface area contributed by atoms with Gasteiger partial charge in [-0.25, -0.2) is 0 Å². The van der Waals surface area contributed by atoms with Gasteiger partial charge in [0, 0.05) is 18.0 Å². The third-order valence-electron chi connectivity index (χ3n) is 3.65. The third-order valence-corrected chi connectivity index (χ3v) is 4.35. The first kappa shape index (κ1) is 17.1. The summed E-state index contributed by atoms with van der Waals surface area (Å²) >= 11 is 1.73. The number of likely N-dealkylation sites (N-methyl/N-ethyl adjacent to an activating group) is 1. The molecule has 0 spiro atoms. The quantitative estimate of drug-likeness (QED) is 0.883. The van der Waals surface area contributed by atoms with Gasteiger partial charge in [-0.05, 0) is 43.4 Å². The van der Waals surface area contributed by atoms with Gasteiger partial charge in [0.2, 0.25) is 5.89 Å². The van der Waals surface area contributed by atoms with Crippen LogP contribution < -0.4 is 5.32 Å². The van der Waals surface area contributed by atoms with Crippen molar-refractivity contribution in [3.8, 4) is 0 Å². The molecular formula is C16H26N4OS. The Morgan fingerprint density at radius 3 is 2.59 bits per heavy atom. The molecular weight excluding hydrogens is 296 g/mol. The van der Waals surface area contributed by atoms with Crippen molar-refractivity contribution in [2.45, 2.75) is 45.2 Å².